The number of Topliss-reactive ketones (excluding diaryl/α,β-unsaturated/α-hetero) is 1. The number of ketones is 1. The largest absolute Gasteiger partial charge is 0.480 e. The van der Waals surface area contributed by atoms with Crippen molar-refractivity contribution in [1.82, 2.24) is 14.1 Å². The van der Waals surface area contributed by atoms with Crippen LogP contribution in [0.2, 0.25) is 5.02 Å². The quantitative estimate of drug-likeness (QED) is 0.404. The number of carbonyl (C=O) groups is 2. The van der Waals surface area contributed by atoms with Crippen molar-refractivity contribution in [2.24, 2.45) is 14.1 Å². The first-order valence-electron chi connectivity index (χ1n) is 12.2. The molecule has 198 valence electrons. The predicted molar refractivity (Wildman–Crippen MR) is 149 cm³/mol. The maximum Gasteiger partial charge on any atom is 0.330 e. The molecule has 0 spiro atoms. The van der Waals surface area contributed by atoms with Crippen LogP contribution in [0.25, 0.3) is 22.4 Å². The van der Waals surface area contributed by atoms with E-state index in [-0.39, 0.29) is 17.2 Å². The summed E-state index contributed by atoms with van der Waals surface area (Å²) < 4.78 is 7.50. The van der Waals surface area contributed by atoms with Crippen molar-refractivity contribution in [1.29, 1.82) is 0 Å². The van der Waals surface area contributed by atoms with Gasteiger partial charge in [-0.15, -0.1) is 0 Å². The van der Waals surface area contributed by atoms with E-state index in [1.807, 2.05) is 37.3 Å². The number of methoxy groups -OCH3 is 1. The average molecular weight is 545 g/mol. The molecule has 10 heteroatoms. The molecule has 1 N–H and O–H groups in total. The highest BCUT2D eigenvalue weighted by Gasteiger charge is 2.27. The third-order valence-corrected chi connectivity index (χ3v) is 7.41. The van der Waals surface area contributed by atoms with Crippen molar-refractivity contribution >= 4 is 29.0 Å². The average Bonchev–Trinajstić information content (AvgIpc) is 3.31. The summed E-state index contributed by atoms with van der Waals surface area (Å²) in [6, 6.07) is 12.9. The van der Waals surface area contributed by atoms with Crippen molar-refractivity contribution < 1.29 is 14.3 Å². The Labute approximate surface area is 228 Å². The lowest BCUT2D eigenvalue weighted by molar-refractivity contribution is 0.0989. The number of halogens is 1. The predicted octanol–water partition coefficient (Wildman–Crippen LogP) is 4.16. The van der Waals surface area contributed by atoms with E-state index in [0.29, 0.717) is 40.4 Å². The monoisotopic (exact) mass is 544 g/mol. The van der Waals surface area contributed by atoms with Gasteiger partial charge in [-0.05, 0) is 42.2 Å². The molecule has 0 radical (unpaired) electrons. The van der Waals surface area contributed by atoms with Gasteiger partial charge in [-0.3, -0.25) is 19.0 Å². The van der Waals surface area contributed by atoms with E-state index in [0.717, 1.165) is 26.8 Å². The topological polar surface area (TPSA) is 112 Å². The van der Waals surface area contributed by atoms with Gasteiger partial charge in [0, 0.05) is 43.5 Å². The first-order chi connectivity index (χ1) is 18.6. The fraction of sp³-hybridized carbons (Fsp3) is 0.207. The summed E-state index contributed by atoms with van der Waals surface area (Å²) in [7, 11) is 4.29. The van der Waals surface area contributed by atoms with E-state index in [1.54, 1.807) is 12.1 Å². The van der Waals surface area contributed by atoms with Crippen LogP contribution >= 0.6 is 11.6 Å². The fourth-order valence-electron chi connectivity index (χ4n) is 4.88. The van der Waals surface area contributed by atoms with Crippen molar-refractivity contribution in [2.75, 3.05) is 12.4 Å². The van der Waals surface area contributed by atoms with Gasteiger partial charge in [0.2, 0.25) is 5.88 Å². The van der Waals surface area contributed by atoms with Crippen molar-refractivity contribution in [3.63, 3.8) is 0 Å². The van der Waals surface area contributed by atoms with Crippen LogP contribution in [0.5, 0.6) is 5.88 Å². The number of aromatic nitrogens is 3. The number of nitrogens with one attached hydrogen (secondary N) is 1. The van der Waals surface area contributed by atoms with E-state index in [9.17, 15) is 19.2 Å². The number of nitrogens with zero attached hydrogens (tertiary/aromatic N) is 3. The minimum Gasteiger partial charge on any atom is -0.480 e. The zero-order valence-electron chi connectivity index (χ0n) is 21.8. The molecule has 2 heterocycles. The standard InChI is InChI=1S/C29H25ClN4O5/c1-15-17(7-6-10-21(15)31-26(36)20-14-33(2)29(38)34(3)28(20)37)18-8-5-9-19(25(18)30)22-13-16-11-12-23(35)24(16)27(32-22)39-4/h5-10,13-14H,11-12H2,1-4H3,(H,31,36). The minimum atomic E-state index is -0.681. The number of amides is 1. The van der Waals surface area contributed by atoms with Crippen LogP contribution in [0.4, 0.5) is 5.69 Å². The first-order valence-corrected chi connectivity index (χ1v) is 12.6. The third kappa shape index (κ3) is 4.44. The van der Waals surface area contributed by atoms with Gasteiger partial charge >= 0.3 is 5.69 Å². The zero-order chi connectivity index (χ0) is 28.0. The molecule has 0 saturated heterocycles. The van der Waals surface area contributed by atoms with Crippen molar-refractivity contribution in [3.8, 4) is 28.3 Å². The molecular weight excluding hydrogens is 520 g/mol. The first kappa shape index (κ1) is 26.1. The van der Waals surface area contributed by atoms with Crippen LogP contribution in [0.15, 0.2) is 58.3 Å². The summed E-state index contributed by atoms with van der Waals surface area (Å²) >= 11 is 6.94. The number of rotatable bonds is 5. The highest BCUT2D eigenvalue weighted by molar-refractivity contribution is 6.36. The van der Waals surface area contributed by atoms with E-state index >= 15 is 0 Å². The van der Waals surface area contributed by atoms with Crippen LogP contribution in [0.3, 0.4) is 0 Å². The smallest absolute Gasteiger partial charge is 0.330 e. The molecule has 4 aromatic rings. The third-order valence-electron chi connectivity index (χ3n) is 7.00. The Morgan fingerprint density at radius 1 is 1.03 bits per heavy atom. The summed E-state index contributed by atoms with van der Waals surface area (Å²) in [6.45, 7) is 1.84. The fourth-order valence-corrected chi connectivity index (χ4v) is 5.21. The number of hydrogen-bond donors (Lipinski definition) is 1. The van der Waals surface area contributed by atoms with Gasteiger partial charge in [0.25, 0.3) is 11.5 Å². The van der Waals surface area contributed by atoms with E-state index < -0.39 is 17.2 Å². The highest BCUT2D eigenvalue weighted by atomic mass is 35.5. The highest BCUT2D eigenvalue weighted by Crippen LogP contribution is 2.40. The number of hydrogen-bond acceptors (Lipinski definition) is 6. The van der Waals surface area contributed by atoms with Gasteiger partial charge < -0.3 is 14.6 Å². The van der Waals surface area contributed by atoms with E-state index in [2.05, 4.69) is 10.3 Å². The summed E-state index contributed by atoms with van der Waals surface area (Å²) in [5.41, 5.74) is 4.05. The molecule has 1 aliphatic carbocycles. The summed E-state index contributed by atoms with van der Waals surface area (Å²) in [4.78, 5) is 54.4. The number of aryl methyl sites for hydroxylation is 2. The van der Waals surface area contributed by atoms with E-state index in [1.165, 1.54) is 32.0 Å². The van der Waals surface area contributed by atoms with Crippen molar-refractivity contribution in [2.45, 2.75) is 19.8 Å². The Morgan fingerprint density at radius 3 is 2.46 bits per heavy atom. The molecule has 1 amide bonds. The number of ether oxygens (including phenoxy) is 1. The molecule has 39 heavy (non-hydrogen) atoms. The van der Waals surface area contributed by atoms with Crippen LogP contribution in [-0.2, 0) is 20.5 Å². The molecule has 0 unspecified atom stereocenters. The maximum atomic E-state index is 13.0. The summed E-state index contributed by atoms with van der Waals surface area (Å²) in [5.74, 6) is -0.321. The van der Waals surface area contributed by atoms with Gasteiger partial charge in [-0.25, -0.2) is 9.78 Å². The second kappa shape index (κ2) is 9.99. The molecule has 9 nitrogen and oxygen atoms in total. The maximum absolute atomic E-state index is 13.0. The van der Waals surface area contributed by atoms with Crippen molar-refractivity contribution in [3.05, 3.63) is 96.8 Å². The Kier molecular flexibility index (Phi) is 6.69. The van der Waals surface area contributed by atoms with Gasteiger partial charge in [-0.2, -0.15) is 0 Å². The van der Waals surface area contributed by atoms with Crippen LogP contribution in [-0.4, -0.2) is 32.9 Å². The van der Waals surface area contributed by atoms with Crippen LogP contribution in [0, 0.1) is 6.92 Å². The lowest BCUT2D eigenvalue weighted by atomic mass is 9.96. The molecular formula is C29H25ClN4O5. The second-order valence-electron chi connectivity index (χ2n) is 9.37. The normalized spacial score (nSPS) is 12.4. The van der Waals surface area contributed by atoms with E-state index in [4.69, 9.17) is 16.3 Å². The number of benzene rings is 2. The molecule has 2 aromatic heterocycles. The Hall–Kier alpha value is -4.50. The lowest BCUT2D eigenvalue weighted by Crippen LogP contribution is -2.40. The van der Waals surface area contributed by atoms with Crippen LogP contribution < -0.4 is 21.3 Å². The van der Waals surface area contributed by atoms with Gasteiger partial charge in [0.05, 0.1) is 23.4 Å². The molecule has 1 aliphatic rings. The molecule has 0 bridgehead atoms. The molecule has 0 fully saturated rings. The second-order valence-corrected chi connectivity index (χ2v) is 9.75. The number of pyridine rings is 1. The van der Waals surface area contributed by atoms with Gasteiger partial charge in [0.15, 0.2) is 5.78 Å². The Balaban J connectivity index is 1.54. The minimum absolute atomic E-state index is 0.0193. The van der Waals surface area contributed by atoms with Gasteiger partial charge in [-0.1, -0.05) is 41.9 Å². The SMILES string of the molecule is COc1nc(-c2cccc(-c3cccc(NC(=O)c4cn(C)c(=O)n(C)c4=O)c3C)c2Cl)cc2c1C(=O)CC2. The molecule has 0 atom stereocenters. The Morgan fingerprint density at radius 2 is 1.72 bits per heavy atom. The summed E-state index contributed by atoms with van der Waals surface area (Å²) in [5, 5.41) is 3.25. The Bertz CT molecular complexity index is 1810. The zero-order valence-corrected chi connectivity index (χ0v) is 22.5. The van der Waals surface area contributed by atoms with Gasteiger partial charge in [0.1, 0.15) is 5.56 Å². The number of fused-ring (bicyclic) bond motifs is 1. The number of carbonyl (C=O) groups excluding carboxylic acids is 2. The lowest BCUT2D eigenvalue weighted by Gasteiger charge is -2.16. The molecule has 0 aliphatic heterocycles. The summed E-state index contributed by atoms with van der Waals surface area (Å²) in [6.07, 6.45) is 2.27. The molecule has 5 rings (SSSR count). The number of anilines is 1. The molecule has 2 aromatic carbocycles. The molecule has 0 saturated carbocycles. The van der Waals surface area contributed by atoms with Crippen LogP contribution in [0.1, 0.15) is 38.3 Å².